The Bertz CT molecular complexity index is 2410. The highest BCUT2D eigenvalue weighted by atomic mass is 16.5. The Morgan fingerprint density at radius 3 is 2.39 bits per heavy atom. The number of ether oxygens (including phenoxy) is 1. The van der Waals surface area contributed by atoms with E-state index in [1.165, 1.54) is 0 Å². The second-order valence-electron chi connectivity index (χ2n) is 15.9. The lowest BCUT2D eigenvalue weighted by atomic mass is 9.92. The number of aromatic amines is 1. The number of piperidine rings is 1. The number of hydrogen-bond acceptors (Lipinski definition) is 11. The van der Waals surface area contributed by atoms with Crippen LogP contribution in [0.2, 0.25) is 0 Å². The van der Waals surface area contributed by atoms with Crippen molar-refractivity contribution in [3.05, 3.63) is 89.9 Å². The third kappa shape index (κ3) is 8.51. The van der Waals surface area contributed by atoms with E-state index in [1.807, 2.05) is 53.1 Å². The molecule has 17 nitrogen and oxygen atoms in total. The van der Waals surface area contributed by atoms with E-state index < -0.39 is 29.7 Å². The number of aromatic nitrogens is 4. The van der Waals surface area contributed by atoms with Gasteiger partial charge in [0.05, 0.1) is 22.2 Å². The summed E-state index contributed by atoms with van der Waals surface area (Å²) in [6.45, 7) is 12.4. The molecule has 0 bridgehead atoms. The van der Waals surface area contributed by atoms with Crippen LogP contribution in [-0.2, 0) is 15.0 Å². The first-order valence-corrected chi connectivity index (χ1v) is 19.8. The number of piperazine rings is 1. The van der Waals surface area contributed by atoms with Crippen molar-refractivity contribution in [3.63, 3.8) is 0 Å². The predicted molar refractivity (Wildman–Crippen MR) is 221 cm³/mol. The van der Waals surface area contributed by atoms with E-state index in [2.05, 4.69) is 67.0 Å². The fourth-order valence-electron chi connectivity index (χ4n) is 7.58. The number of benzene rings is 3. The Balaban J connectivity index is 0.764. The molecule has 6 amide bonds. The molecule has 17 heteroatoms. The second-order valence-corrected chi connectivity index (χ2v) is 15.9. The summed E-state index contributed by atoms with van der Waals surface area (Å²) in [5.74, 6) is -0.858. The number of nitrogens with one attached hydrogen (secondary N) is 5. The molecule has 0 radical (unpaired) electrons. The minimum Gasteiger partial charge on any atom is -0.492 e. The molecule has 3 aliphatic heterocycles. The standard InChI is InChI=1S/C42H47N11O6/c1-42(2,3)34-24-35(49-48-34)46-41(58)45-26-7-9-27(10-8-26)52-25-44-31-23-28(11-12-32(31)52)59-22-21-51-19-17-50(18-20-51)16-15-43-30-6-4-5-29-37(30)40(57)53(39(29)56)33-13-14-36(54)47-38(33)55/h4-12,23-25,33,43H,13-22H2,1-3H3,(H,47,54,55)(H3,45,46,48,49,58). The number of fused-ring (bicyclic) bond motifs is 2. The van der Waals surface area contributed by atoms with Crippen molar-refractivity contribution >= 4 is 57.9 Å². The molecular weight excluding hydrogens is 755 g/mol. The van der Waals surface area contributed by atoms with Gasteiger partial charge in [-0.05, 0) is 55.0 Å². The van der Waals surface area contributed by atoms with E-state index in [0.717, 1.165) is 72.3 Å². The maximum Gasteiger partial charge on any atom is 0.324 e. The molecular formula is C42H47N11O6. The molecule has 306 valence electrons. The topological polar surface area (TPSA) is 199 Å². The van der Waals surface area contributed by atoms with Gasteiger partial charge in [-0.1, -0.05) is 26.8 Å². The van der Waals surface area contributed by atoms with Crippen molar-refractivity contribution in [3.8, 4) is 11.4 Å². The average molecular weight is 802 g/mol. The van der Waals surface area contributed by atoms with Gasteiger partial charge in [0.25, 0.3) is 11.8 Å². The number of anilines is 3. The Morgan fingerprint density at radius 2 is 1.66 bits per heavy atom. The molecule has 5 N–H and O–H groups in total. The van der Waals surface area contributed by atoms with Crippen LogP contribution in [0.1, 0.15) is 60.0 Å². The van der Waals surface area contributed by atoms with Crippen LogP contribution in [-0.4, -0.2) is 123 Å². The molecule has 0 saturated carbocycles. The minimum absolute atomic E-state index is 0.0779. The number of nitrogens with zero attached hydrogens (tertiary/aromatic N) is 6. The lowest BCUT2D eigenvalue weighted by molar-refractivity contribution is -0.136. The smallest absolute Gasteiger partial charge is 0.324 e. The van der Waals surface area contributed by atoms with Gasteiger partial charge in [0.15, 0.2) is 5.82 Å². The Labute approximate surface area is 340 Å². The summed E-state index contributed by atoms with van der Waals surface area (Å²) in [7, 11) is 0. The van der Waals surface area contributed by atoms with E-state index in [0.29, 0.717) is 30.3 Å². The van der Waals surface area contributed by atoms with Crippen molar-refractivity contribution in [2.75, 3.05) is 68.4 Å². The van der Waals surface area contributed by atoms with Crippen LogP contribution in [0.15, 0.2) is 73.1 Å². The highest BCUT2D eigenvalue weighted by Gasteiger charge is 2.45. The number of carbonyl (C=O) groups excluding carboxylic acids is 5. The monoisotopic (exact) mass is 801 g/mol. The number of urea groups is 1. The maximum absolute atomic E-state index is 13.4. The van der Waals surface area contributed by atoms with Crippen molar-refractivity contribution in [2.45, 2.75) is 45.1 Å². The maximum atomic E-state index is 13.4. The van der Waals surface area contributed by atoms with Gasteiger partial charge in [0.1, 0.15) is 24.7 Å². The molecule has 59 heavy (non-hydrogen) atoms. The van der Waals surface area contributed by atoms with Crippen LogP contribution in [0.25, 0.3) is 16.7 Å². The van der Waals surface area contributed by atoms with E-state index in [9.17, 15) is 24.0 Å². The number of imide groups is 2. The normalized spacial score (nSPS) is 17.6. The zero-order chi connectivity index (χ0) is 41.3. The molecule has 3 aliphatic rings. The Morgan fingerprint density at radius 1 is 0.898 bits per heavy atom. The van der Waals surface area contributed by atoms with Crippen molar-refractivity contribution in [2.24, 2.45) is 0 Å². The molecule has 8 rings (SSSR count). The molecule has 2 aromatic heterocycles. The van der Waals surface area contributed by atoms with E-state index in [-0.39, 0.29) is 35.4 Å². The molecule has 2 saturated heterocycles. The summed E-state index contributed by atoms with van der Waals surface area (Å²) < 4.78 is 8.12. The largest absolute Gasteiger partial charge is 0.492 e. The molecule has 1 unspecified atom stereocenters. The van der Waals surface area contributed by atoms with Gasteiger partial charge in [-0.2, -0.15) is 5.10 Å². The zero-order valence-corrected chi connectivity index (χ0v) is 33.2. The Hall–Kier alpha value is -6.59. The number of H-pyrrole nitrogens is 1. The van der Waals surface area contributed by atoms with Crippen molar-refractivity contribution in [1.82, 2.24) is 39.8 Å². The first-order chi connectivity index (χ1) is 28.4. The third-order valence-electron chi connectivity index (χ3n) is 10.9. The summed E-state index contributed by atoms with van der Waals surface area (Å²) in [5, 5.41) is 18.3. The Kier molecular flexibility index (Phi) is 10.9. The van der Waals surface area contributed by atoms with Crippen LogP contribution < -0.4 is 26.0 Å². The van der Waals surface area contributed by atoms with E-state index in [1.54, 1.807) is 24.5 Å². The van der Waals surface area contributed by atoms with Crippen LogP contribution in [0, 0.1) is 0 Å². The minimum atomic E-state index is -0.997. The first kappa shape index (κ1) is 39.2. The summed E-state index contributed by atoms with van der Waals surface area (Å²) in [4.78, 5) is 73.5. The first-order valence-electron chi connectivity index (χ1n) is 19.8. The quantitative estimate of drug-likeness (QED) is 0.113. The summed E-state index contributed by atoms with van der Waals surface area (Å²) in [6, 6.07) is 18.9. The van der Waals surface area contributed by atoms with Gasteiger partial charge in [-0.3, -0.25) is 54.2 Å². The molecule has 0 spiro atoms. The summed E-state index contributed by atoms with van der Waals surface area (Å²) >= 11 is 0. The number of imidazole rings is 1. The van der Waals surface area contributed by atoms with Gasteiger partial charge in [0.2, 0.25) is 11.8 Å². The van der Waals surface area contributed by atoms with Crippen molar-refractivity contribution in [1.29, 1.82) is 0 Å². The van der Waals surface area contributed by atoms with Crippen LogP contribution >= 0.6 is 0 Å². The fourth-order valence-corrected chi connectivity index (χ4v) is 7.58. The number of amides is 6. The molecule has 1 atom stereocenters. The van der Waals surface area contributed by atoms with Gasteiger partial charge in [-0.25, -0.2) is 9.78 Å². The fraction of sp³-hybridized carbons (Fsp3) is 0.357. The second kappa shape index (κ2) is 16.3. The molecule has 2 fully saturated rings. The summed E-state index contributed by atoms with van der Waals surface area (Å²) in [5.41, 5.74) is 5.19. The number of rotatable bonds is 12. The van der Waals surface area contributed by atoms with E-state index in [4.69, 9.17) is 4.74 Å². The third-order valence-corrected chi connectivity index (χ3v) is 10.9. The average Bonchev–Trinajstić information content (AvgIpc) is 3.93. The molecule has 5 heterocycles. The highest BCUT2D eigenvalue weighted by Crippen LogP contribution is 2.32. The molecule has 3 aromatic carbocycles. The SMILES string of the molecule is CC(C)(C)c1cc(NC(=O)Nc2ccc(-n3cnc4cc(OCCN5CCN(CCNc6cccc7c6C(=O)N(C6CCC(=O)NC6=O)C7=O)CC5)ccc43)cc2)n[nH]1. The highest BCUT2D eigenvalue weighted by molar-refractivity contribution is 6.25. The van der Waals surface area contributed by atoms with Crippen LogP contribution in [0.3, 0.4) is 0 Å². The van der Waals surface area contributed by atoms with Gasteiger partial charge in [0, 0.05) is 92.5 Å². The van der Waals surface area contributed by atoms with Gasteiger partial charge in [-0.15, -0.1) is 0 Å². The molecule has 0 aliphatic carbocycles. The number of hydrogen-bond donors (Lipinski definition) is 5. The van der Waals surface area contributed by atoms with Gasteiger partial charge < -0.3 is 15.4 Å². The van der Waals surface area contributed by atoms with Crippen molar-refractivity contribution < 1.29 is 28.7 Å². The lowest BCUT2D eigenvalue weighted by Gasteiger charge is -2.34. The van der Waals surface area contributed by atoms with Gasteiger partial charge >= 0.3 is 6.03 Å². The number of carbonyl (C=O) groups is 5. The van der Waals surface area contributed by atoms with Crippen LogP contribution in [0.5, 0.6) is 5.75 Å². The summed E-state index contributed by atoms with van der Waals surface area (Å²) in [6.07, 6.45) is 1.97. The van der Waals surface area contributed by atoms with E-state index >= 15 is 0 Å². The predicted octanol–water partition coefficient (Wildman–Crippen LogP) is 4.20. The van der Waals surface area contributed by atoms with Crippen LogP contribution in [0.4, 0.5) is 22.0 Å². The lowest BCUT2D eigenvalue weighted by Crippen LogP contribution is -2.54. The molecule has 5 aromatic rings. The zero-order valence-electron chi connectivity index (χ0n) is 33.2.